The molecule has 0 amide bonds. The number of carbonyl (C=O) groups excluding carboxylic acids is 2. The van der Waals surface area contributed by atoms with Gasteiger partial charge in [0.2, 0.25) is 0 Å². The summed E-state index contributed by atoms with van der Waals surface area (Å²) in [5.41, 5.74) is 9.32. The first-order chi connectivity index (χ1) is 31.3. The molecule has 2 aliphatic heterocycles. The van der Waals surface area contributed by atoms with Crippen molar-refractivity contribution in [1.82, 2.24) is 0 Å². The van der Waals surface area contributed by atoms with E-state index in [0.717, 1.165) is 60.8 Å². The van der Waals surface area contributed by atoms with Gasteiger partial charge in [0.05, 0.1) is 12.8 Å². The maximum Gasteiger partial charge on any atom is 0.174 e. The third kappa shape index (κ3) is 13.4. The molecular formula is C56H66O10. The number of fused-ring (bicyclic) bond motifs is 2. The summed E-state index contributed by atoms with van der Waals surface area (Å²) in [6.07, 6.45) is 16.1. The largest absolute Gasteiger partial charge is 0.508 e. The second kappa shape index (κ2) is 23.0. The van der Waals surface area contributed by atoms with Gasteiger partial charge in [-0.15, -0.1) is 0 Å². The Bertz CT molecular complexity index is 2560. The molecule has 0 spiro atoms. The fourth-order valence-corrected chi connectivity index (χ4v) is 7.87. The van der Waals surface area contributed by atoms with E-state index in [0.29, 0.717) is 29.5 Å². The van der Waals surface area contributed by atoms with E-state index in [2.05, 4.69) is 52.8 Å². The van der Waals surface area contributed by atoms with E-state index in [1.54, 1.807) is 37.3 Å². The van der Waals surface area contributed by atoms with Gasteiger partial charge in [0.25, 0.3) is 0 Å². The van der Waals surface area contributed by atoms with Gasteiger partial charge in [0.1, 0.15) is 69.3 Å². The fourth-order valence-electron chi connectivity index (χ4n) is 7.87. The predicted molar refractivity (Wildman–Crippen MR) is 260 cm³/mol. The Labute approximate surface area is 389 Å². The number of hydrogen-bond donors (Lipinski definition) is 6. The number of rotatable bonds is 15. The lowest BCUT2D eigenvalue weighted by Crippen LogP contribution is -2.21. The molecule has 2 aliphatic rings. The summed E-state index contributed by atoms with van der Waals surface area (Å²) in [6.45, 7) is 16.4. The summed E-state index contributed by atoms with van der Waals surface area (Å²) in [6, 6.07) is 14.4. The molecule has 0 radical (unpaired) electrons. The number of benzene rings is 4. The number of ketones is 2. The van der Waals surface area contributed by atoms with Crippen molar-refractivity contribution in [3.8, 4) is 46.0 Å². The monoisotopic (exact) mass is 898 g/mol. The van der Waals surface area contributed by atoms with Crippen molar-refractivity contribution >= 4 is 11.6 Å². The minimum Gasteiger partial charge on any atom is -0.508 e. The molecule has 0 saturated carbocycles. The highest BCUT2D eigenvalue weighted by molar-refractivity contribution is 6.04. The molecule has 6 N–H and O–H groups in total. The third-order valence-electron chi connectivity index (χ3n) is 11.9. The lowest BCUT2D eigenvalue weighted by Gasteiger charge is -2.27. The summed E-state index contributed by atoms with van der Waals surface area (Å²) >= 11 is 0. The molecule has 0 aromatic heterocycles. The molecule has 0 bridgehead atoms. The summed E-state index contributed by atoms with van der Waals surface area (Å²) < 4.78 is 11.9. The first-order valence-electron chi connectivity index (χ1n) is 22.7. The first-order valence-corrected chi connectivity index (χ1v) is 22.7. The molecule has 66 heavy (non-hydrogen) atoms. The molecule has 0 aliphatic carbocycles. The Morgan fingerprint density at radius 1 is 0.530 bits per heavy atom. The number of phenolic OH excluding ortho intramolecular Hbond substituents is 6. The normalized spacial score (nSPS) is 16.0. The predicted octanol–water partition coefficient (Wildman–Crippen LogP) is 13.5. The van der Waals surface area contributed by atoms with Gasteiger partial charge in [-0.25, -0.2) is 0 Å². The minimum absolute atomic E-state index is 0.0431. The van der Waals surface area contributed by atoms with E-state index < -0.39 is 12.2 Å². The van der Waals surface area contributed by atoms with Crippen molar-refractivity contribution in [2.24, 2.45) is 0 Å². The van der Waals surface area contributed by atoms with Crippen molar-refractivity contribution in [1.29, 1.82) is 0 Å². The number of phenols is 6. The molecular weight excluding hydrogens is 833 g/mol. The zero-order chi connectivity index (χ0) is 48.2. The molecule has 2 atom stereocenters. The zero-order valence-corrected chi connectivity index (χ0v) is 39.6. The second-order valence-electron chi connectivity index (χ2n) is 18.0. The number of hydrogen-bond acceptors (Lipinski definition) is 10. The third-order valence-corrected chi connectivity index (χ3v) is 11.9. The molecule has 10 nitrogen and oxygen atoms in total. The van der Waals surface area contributed by atoms with Crippen LogP contribution in [0.15, 0.2) is 113 Å². The van der Waals surface area contributed by atoms with Gasteiger partial charge in [0.15, 0.2) is 11.6 Å². The van der Waals surface area contributed by atoms with Crippen LogP contribution in [-0.4, -0.2) is 42.2 Å². The smallest absolute Gasteiger partial charge is 0.174 e. The Morgan fingerprint density at radius 3 is 1.38 bits per heavy atom. The fraction of sp³-hybridized carbons (Fsp3) is 0.357. The lowest BCUT2D eigenvalue weighted by atomic mass is 9.92. The average molecular weight is 899 g/mol. The van der Waals surface area contributed by atoms with Crippen LogP contribution in [0, 0.1) is 6.92 Å². The van der Waals surface area contributed by atoms with Crippen LogP contribution < -0.4 is 9.47 Å². The number of allylic oxidation sites excluding steroid dienone is 10. The number of aromatic hydroxyl groups is 6. The molecule has 0 fully saturated rings. The lowest BCUT2D eigenvalue weighted by molar-refractivity contribution is 0.0834. The molecule has 6 rings (SSSR count). The molecule has 4 aromatic rings. The van der Waals surface area contributed by atoms with Crippen LogP contribution >= 0.6 is 0 Å². The molecule has 10 heteroatoms. The highest BCUT2D eigenvalue weighted by Crippen LogP contribution is 2.46. The number of ether oxygens (including phenoxy) is 2. The minimum atomic E-state index is -0.596. The summed E-state index contributed by atoms with van der Waals surface area (Å²) in [5, 5.41) is 62.1. The van der Waals surface area contributed by atoms with Crippen molar-refractivity contribution in [3.05, 3.63) is 152 Å². The van der Waals surface area contributed by atoms with Crippen molar-refractivity contribution in [2.45, 2.75) is 132 Å². The summed E-state index contributed by atoms with van der Waals surface area (Å²) in [5.74, 6) is -0.544. The van der Waals surface area contributed by atoms with Crippen molar-refractivity contribution in [3.63, 3.8) is 0 Å². The quantitative estimate of drug-likeness (QED) is 0.0630. The first kappa shape index (κ1) is 50.3. The van der Waals surface area contributed by atoms with E-state index in [1.807, 2.05) is 26.0 Å². The standard InChI is InChI=1S/C31H38O5.C25H28O5/c1-19(2)8-6-9-20(3)10-7-11-21(4)12-15-24-26(33)17-29-30(31(24)35)27(34)18-28(36-29)23-14-13-22(5)25(32)16-23;1-15(2)5-4-6-16(3)7-12-19-20(27)13-23-24(25(19)29)21(28)14-22(30-23)17-8-10-18(26)11-9-17/h8,10,12-14,16-17,28,32-33,35H,6-7,9,11,15,18H2,1-5H3;5,7-11,13,22,26-27,29H,4,6,12,14H2,1-3H3/b20-10+,21-12+;16-7+/t28-;22-/m00/s1. The molecule has 2 heterocycles. The summed E-state index contributed by atoms with van der Waals surface area (Å²) in [7, 11) is 0. The van der Waals surface area contributed by atoms with Crippen molar-refractivity contribution < 1.29 is 49.7 Å². The highest BCUT2D eigenvalue weighted by Gasteiger charge is 2.34. The van der Waals surface area contributed by atoms with Gasteiger partial charge in [-0.3, -0.25) is 9.59 Å². The van der Waals surface area contributed by atoms with E-state index in [9.17, 15) is 40.2 Å². The molecule has 350 valence electrons. The van der Waals surface area contributed by atoms with Gasteiger partial charge in [-0.1, -0.05) is 82.5 Å². The van der Waals surface area contributed by atoms with E-state index in [1.165, 1.54) is 41.0 Å². The Morgan fingerprint density at radius 2 is 0.939 bits per heavy atom. The Hall–Kier alpha value is -6.68. The molecule has 0 saturated heterocycles. The topological polar surface area (TPSA) is 174 Å². The Balaban J connectivity index is 0.000000251. The van der Waals surface area contributed by atoms with Gasteiger partial charge >= 0.3 is 0 Å². The van der Waals surface area contributed by atoms with E-state index in [4.69, 9.17) is 9.47 Å². The van der Waals surface area contributed by atoms with Crippen molar-refractivity contribution in [2.75, 3.05) is 0 Å². The van der Waals surface area contributed by atoms with Crippen LogP contribution in [0.4, 0.5) is 0 Å². The number of aryl methyl sites for hydroxylation is 1. The van der Waals surface area contributed by atoms with Crippen LogP contribution in [0.2, 0.25) is 0 Å². The second-order valence-corrected chi connectivity index (χ2v) is 18.0. The molecule has 4 aromatic carbocycles. The van der Waals surface area contributed by atoms with Gasteiger partial charge in [-0.05, 0) is 142 Å². The number of carbonyl (C=O) groups is 2. The SMILES string of the molecule is CC(C)=CCC/C(C)=C/CC/C(C)=C/Cc1c(O)cc2c(c1O)C(=O)C[C@@H](c1ccc(C)c(O)c1)O2.CC(C)=CCC/C(C)=C/Cc1c(O)cc2c(c1O)C(=O)C[C@@H](c1ccc(O)cc1)O2. The maximum absolute atomic E-state index is 13.0. The maximum atomic E-state index is 13.0. The summed E-state index contributed by atoms with van der Waals surface area (Å²) in [4.78, 5) is 25.7. The van der Waals surface area contributed by atoms with E-state index in [-0.39, 0.29) is 81.5 Å². The van der Waals surface area contributed by atoms with Gasteiger partial charge in [0, 0.05) is 23.3 Å². The number of Topliss-reactive ketones (excluding diaryl/α,β-unsaturated/α-hetero) is 2. The van der Waals surface area contributed by atoms with Crippen LogP contribution in [0.5, 0.6) is 46.0 Å². The Kier molecular flexibility index (Phi) is 17.5. The molecule has 0 unspecified atom stereocenters. The van der Waals surface area contributed by atoms with Crippen LogP contribution in [-0.2, 0) is 12.8 Å². The van der Waals surface area contributed by atoms with Gasteiger partial charge < -0.3 is 40.1 Å². The van der Waals surface area contributed by atoms with Gasteiger partial charge in [-0.2, -0.15) is 0 Å². The zero-order valence-electron chi connectivity index (χ0n) is 39.6. The highest BCUT2D eigenvalue weighted by atomic mass is 16.5. The van der Waals surface area contributed by atoms with Crippen LogP contribution in [0.3, 0.4) is 0 Å². The average Bonchev–Trinajstić information content (AvgIpc) is 3.24. The van der Waals surface area contributed by atoms with Crippen LogP contribution in [0.1, 0.15) is 161 Å². The van der Waals surface area contributed by atoms with E-state index >= 15 is 0 Å². The van der Waals surface area contributed by atoms with Crippen LogP contribution in [0.25, 0.3) is 0 Å².